The van der Waals surface area contributed by atoms with Gasteiger partial charge in [0, 0.05) is 6.07 Å². The Kier molecular flexibility index (Phi) is 4.82. The number of carboxylic acids is 1. The molecular weight excluding hydrogens is 252 g/mol. The van der Waals surface area contributed by atoms with E-state index in [-0.39, 0.29) is 29.5 Å². The first-order valence-electron chi connectivity index (χ1n) is 5.76. The van der Waals surface area contributed by atoms with Gasteiger partial charge in [0.2, 0.25) is 0 Å². The lowest BCUT2D eigenvalue weighted by Gasteiger charge is -2.22. The van der Waals surface area contributed by atoms with Gasteiger partial charge in [-0.3, -0.25) is 10.1 Å². The van der Waals surface area contributed by atoms with Gasteiger partial charge in [-0.1, -0.05) is 19.9 Å². The van der Waals surface area contributed by atoms with E-state index in [2.05, 4.69) is 5.32 Å². The van der Waals surface area contributed by atoms with E-state index in [1.165, 1.54) is 18.2 Å². The maximum absolute atomic E-state index is 11.1. The summed E-state index contributed by atoms with van der Waals surface area (Å²) in [6.45, 7) is 3.40. The number of nitrogens with zero attached hydrogens (tertiary/aromatic N) is 1. The van der Waals surface area contributed by atoms with Crippen LogP contribution in [-0.4, -0.2) is 33.8 Å². The Morgan fingerprint density at radius 3 is 2.53 bits per heavy atom. The topological polar surface area (TPSA) is 113 Å². The lowest BCUT2D eigenvalue weighted by molar-refractivity contribution is -0.384. The molecule has 0 fully saturated rings. The molecule has 1 atom stereocenters. The van der Waals surface area contributed by atoms with Crippen LogP contribution in [0.5, 0.6) is 0 Å². The molecule has 104 valence electrons. The molecule has 0 amide bonds. The van der Waals surface area contributed by atoms with Crippen LogP contribution in [0.4, 0.5) is 11.4 Å². The van der Waals surface area contributed by atoms with E-state index in [1.54, 1.807) is 0 Å². The van der Waals surface area contributed by atoms with Crippen LogP contribution >= 0.6 is 0 Å². The van der Waals surface area contributed by atoms with Crippen molar-refractivity contribution < 1.29 is 19.9 Å². The Bertz CT molecular complexity index is 455. The van der Waals surface area contributed by atoms with Crippen molar-refractivity contribution in [3.63, 3.8) is 0 Å². The lowest BCUT2D eigenvalue weighted by Crippen LogP contribution is -2.30. The molecule has 0 aliphatic heterocycles. The van der Waals surface area contributed by atoms with Gasteiger partial charge in [0.15, 0.2) is 0 Å². The van der Waals surface area contributed by atoms with Crippen molar-refractivity contribution in [2.75, 3.05) is 11.9 Å². The van der Waals surface area contributed by atoms with E-state index in [9.17, 15) is 20.0 Å². The van der Waals surface area contributed by atoms with Gasteiger partial charge in [-0.15, -0.1) is 0 Å². The minimum absolute atomic E-state index is 0.00791. The summed E-state index contributed by atoms with van der Waals surface area (Å²) in [5, 5.41) is 32.0. The second kappa shape index (κ2) is 6.14. The number of nitro benzene ring substituents is 1. The fourth-order valence-electron chi connectivity index (χ4n) is 1.63. The number of aliphatic hydroxyl groups is 1. The number of nitro groups is 1. The molecule has 19 heavy (non-hydrogen) atoms. The number of anilines is 1. The van der Waals surface area contributed by atoms with Crippen LogP contribution in [0.3, 0.4) is 0 Å². The second-order valence-corrected chi connectivity index (χ2v) is 4.44. The van der Waals surface area contributed by atoms with Crippen molar-refractivity contribution in [2.24, 2.45) is 5.92 Å². The van der Waals surface area contributed by atoms with Crippen LogP contribution in [0.25, 0.3) is 0 Å². The predicted molar refractivity (Wildman–Crippen MR) is 69.4 cm³/mol. The van der Waals surface area contributed by atoms with E-state index in [0.29, 0.717) is 0 Å². The number of carboxylic acid groups (broad SMARTS) is 1. The maximum Gasteiger partial charge on any atom is 0.338 e. The van der Waals surface area contributed by atoms with Gasteiger partial charge < -0.3 is 15.5 Å². The lowest BCUT2D eigenvalue weighted by atomic mass is 10.0. The monoisotopic (exact) mass is 268 g/mol. The highest BCUT2D eigenvalue weighted by Crippen LogP contribution is 2.29. The summed E-state index contributed by atoms with van der Waals surface area (Å²) in [6.07, 6.45) is 0. The average Bonchev–Trinajstić information content (AvgIpc) is 2.34. The van der Waals surface area contributed by atoms with E-state index >= 15 is 0 Å². The molecule has 1 unspecified atom stereocenters. The van der Waals surface area contributed by atoms with Crippen LogP contribution < -0.4 is 5.32 Å². The standard InChI is InChI=1S/C12H16N2O5/c1-7(2)9(6-15)13-11-8(12(16)17)4-3-5-10(11)14(18)19/h3-5,7,9,13,15H,6H2,1-2H3,(H,16,17). The van der Waals surface area contributed by atoms with E-state index in [0.717, 1.165) is 0 Å². The SMILES string of the molecule is CC(C)C(CO)Nc1c(C(=O)O)cccc1[N+](=O)[O-]. The van der Waals surface area contributed by atoms with Crippen LogP contribution in [0.15, 0.2) is 18.2 Å². The summed E-state index contributed by atoms with van der Waals surface area (Å²) in [5.41, 5.74) is -0.583. The number of carbonyl (C=O) groups is 1. The van der Waals surface area contributed by atoms with E-state index in [4.69, 9.17) is 5.11 Å². The molecule has 0 spiro atoms. The molecule has 0 aliphatic carbocycles. The van der Waals surface area contributed by atoms with Gasteiger partial charge in [-0.05, 0) is 12.0 Å². The zero-order valence-corrected chi connectivity index (χ0v) is 10.7. The smallest absolute Gasteiger partial charge is 0.338 e. The van der Waals surface area contributed by atoms with Crippen molar-refractivity contribution >= 4 is 17.3 Å². The van der Waals surface area contributed by atoms with Gasteiger partial charge in [0.25, 0.3) is 5.69 Å². The molecule has 0 aromatic heterocycles. The van der Waals surface area contributed by atoms with Crippen LogP contribution in [-0.2, 0) is 0 Å². The van der Waals surface area contributed by atoms with Crippen molar-refractivity contribution in [3.8, 4) is 0 Å². The number of aromatic carboxylic acids is 1. The van der Waals surface area contributed by atoms with Gasteiger partial charge in [0.1, 0.15) is 5.69 Å². The maximum atomic E-state index is 11.1. The Labute approximate surface area is 110 Å². The van der Waals surface area contributed by atoms with Gasteiger partial charge in [-0.2, -0.15) is 0 Å². The van der Waals surface area contributed by atoms with Gasteiger partial charge in [0.05, 0.1) is 23.1 Å². The second-order valence-electron chi connectivity index (χ2n) is 4.44. The Morgan fingerprint density at radius 2 is 2.11 bits per heavy atom. The minimum Gasteiger partial charge on any atom is -0.478 e. The third-order valence-corrected chi connectivity index (χ3v) is 2.80. The summed E-state index contributed by atoms with van der Waals surface area (Å²) in [5.74, 6) is -1.27. The molecule has 0 aliphatic rings. The largest absolute Gasteiger partial charge is 0.478 e. The first-order valence-corrected chi connectivity index (χ1v) is 5.76. The fourth-order valence-corrected chi connectivity index (χ4v) is 1.63. The summed E-state index contributed by atoms with van der Waals surface area (Å²) in [4.78, 5) is 21.4. The molecular formula is C12H16N2O5. The number of nitrogens with one attached hydrogen (secondary N) is 1. The molecule has 0 saturated heterocycles. The summed E-state index contributed by atoms with van der Waals surface area (Å²) in [7, 11) is 0. The summed E-state index contributed by atoms with van der Waals surface area (Å²) in [6, 6.07) is 3.37. The molecule has 7 nitrogen and oxygen atoms in total. The highest BCUT2D eigenvalue weighted by Gasteiger charge is 2.24. The molecule has 0 radical (unpaired) electrons. The zero-order chi connectivity index (χ0) is 14.6. The van der Waals surface area contributed by atoms with E-state index < -0.39 is 16.9 Å². The zero-order valence-electron chi connectivity index (χ0n) is 10.7. The minimum atomic E-state index is -1.26. The fraction of sp³-hybridized carbons (Fsp3) is 0.417. The first-order chi connectivity index (χ1) is 8.88. The third-order valence-electron chi connectivity index (χ3n) is 2.80. The number of aliphatic hydroxyl groups excluding tert-OH is 1. The molecule has 0 heterocycles. The number of rotatable bonds is 6. The highest BCUT2D eigenvalue weighted by atomic mass is 16.6. The number of para-hydroxylation sites is 1. The molecule has 1 aromatic rings. The normalized spacial score (nSPS) is 12.2. The Morgan fingerprint density at radius 1 is 1.47 bits per heavy atom. The van der Waals surface area contributed by atoms with Crippen LogP contribution in [0.1, 0.15) is 24.2 Å². The Balaban J connectivity index is 3.28. The van der Waals surface area contributed by atoms with E-state index in [1.807, 2.05) is 13.8 Å². The number of hydrogen-bond donors (Lipinski definition) is 3. The first kappa shape index (κ1) is 14.9. The average molecular weight is 268 g/mol. The molecule has 0 bridgehead atoms. The van der Waals surface area contributed by atoms with Crippen molar-refractivity contribution in [1.29, 1.82) is 0 Å². The molecule has 1 rings (SSSR count). The predicted octanol–water partition coefficient (Wildman–Crippen LogP) is 1.72. The quantitative estimate of drug-likeness (QED) is 0.535. The summed E-state index contributed by atoms with van der Waals surface area (Å²) < 4.78 is 0. The van der Waals surface area contributed by atoms with Gasteiger partial charge in [-0.25, -0.2) is 4.79 Å². The van der Waals surface area contributed by atoms with Crippen LogP contribution in [0.2, 0.25) is 0 Å². The number of benzene rings is 1. The molecule has 7 heteroatoms. The van der Waals surface area contributed by atoms with Gasteiger partial charge >= 0.3 is 5.97 Å². The highest BCUT2D eigenvalue weighted by molar-refractivity contribution is 5.96. The van der Waals surface area contributed by atoms with Crippen molar-refractivity contribution in [2.45, 2.75) is 19.9 Å². The molecule has 0 saturated carbocycles. The van der Waals surface area contributed by atoms with Crippen LogP contribution in [0, 0.1) is 16.0 Å². The number of hydrogen-bond acceptors (Lipinski definition) is 5. The van der Waals surface area contributed by atoms with Crippen molar-refractivity contribution in [3.05, 3.63) is 33.9 Å². The molecule has 1 aromatic carbocycles. The summed E-state index contributed by atoms with van der Waals surface area (Å²) >= 11 is 0. The third kappa shape index (κ3) is 3.41. The van der Waals surface area contributed by atoms with Crippen molar-refractivity contribution in [1.82, 2.24) is 0 Å². The molecule has 3 N–H and O–H groups in total. The Hall–Kier alpha value is -2.15.